The van der Waals surface area contributed by atoms with E-state index in [0.717, 1.165) is 27.1 Å². The van der Waals surface area contributed by atoms with Crippen molar-refractivity contribution in [3.63, 3.8) is 0 Å². The second-order valence-corrected chi connectivity index (χ2v) is 12.7. The lowest BCUT2D eigenvalue weighted by atomic mass is 9.85. The third-order valence-corrected chi connectivity index (χ3v) is 10.3. The van der Waals surface area contributed by atoms with E-state index in [1.54, 1.807) is 0 Å². The van der Waals surface area contributed by atoms with Gasteiger partial charge in [0, 0.05) is 10.8 Å². The molecule has 0 bridgehead atoms. The Bertz CT molecular complexity index is 1710. The summed E-state index contributed by atoms with van der Waals surface area (Å²) in [4.78, 5) is 9.58. The van der Waals surface area contributed by atoms with Crippen molar-refractivity contribution in [1.29, 1.82) is 0 Å². The van der Waals surface area contributed by atoms with Gasteiger partial charge in [-0.05, 0) is 29.9 Å². The number of hydrogen-bond donors (Lipinski definition) is 1. The Balaban J connectivity index is 1.31. The maximum Gasteiger partial charge on any atom is 0.237 e. The first-order valence-electron chi connectivity index (χ1n) is 14.2. The van der Waals surface area contributed by atoms with Crippen molar-refractivity contribution in [2.24, 2.45) is 0 Å². The molecule has 220 valence electrons. The van der Waals surface area contributed by atoms with E-state index >= 15 is 0 Å². The zero-order chi connectivity index (χ0) is 29.5. The molecule has 1 saturated carbocycles. The number of aliphatic hydroxyl groups is 1. The van der Waals surface area contributed by atoms with Gasteiger partial charge in [0.2, 0.25) is 5.79 Å². The summed E-state index contributed by atoms with van der Waals surface area (Å²) in [5.74, 6) is -1.87. The Morgan fingerprint density at radius 3 is 2.02 bits per heavy atom. The number of fused-ring (bicyclic) bond motifs is 2. The van der Waals surface area contributed by atoms with Crippen molar-refractivity contribution in [2.45, 2.75) is 61.0 Å². The molecule has 2 aromatic heterocycles. The van der Waals surface area contributed by atoms with Gasteiger partial charge in [-0.15, -0.1) is 23.1 Å². The van der Waals surface area contributed by atoms with Gasteiger partial charge in [0.1, 0.15) is 23.6 Å². The molecule has 3 aromatic carbocycles. The van der Waals surface area contributed by atoms with Crippen molar-refractivity contribution < 1.29 is 24.1 Å². The van der Waals surface area contributed by atoms with Gasteiger partial charge in [-0.3, -0.25) is 0 Å². The quantitative estimate of drug-likeness (QED) is 0.134. The van der Waals surface area contributed by atoms with Crippen molar-refractivity contribution in [3.8, 4) is 0 Å². The van der Waals surface area contributed by atoms with E-state index < -0.39 is 29.2 Å². The van der Waals surface area contributed by atoms with Crippen LogP contribution in [0.2, 0.25) is 0 Å². The van der Waals surface area contributed by atoms with E-state index in [2.05, 4.69) is 9.97 Å². The molecule has 2 unspecified atom stereocenters. The van der Waals surface area contributed by atoms with Gasteiger partial charge in [-0.1, -0.05) is 91.0 Å². The Hall–Kier alpha value is -3.15. The van der Waals surface area contributed by atoms with Crippen LogP contribution in [0.25, 0.3) is 10.9 Å². The van der Waals surface area contributed by atoms with Crippen LogP contribution in [0.5, 0.6) is 0 Å². The van der Waals surface area contributed by atoms with Gasteiger partial charge in [-0.25, -0.2) is 9.97 Å². The molecule has 1 aliphatic carbocycles. The number of hydrogen-bond acceptors (Lipinski definition) is 9. The van der Waals surface area contributed by atoms with Gasteiger partial charge >= 0.3 is 0 Å². The highest BCUT2D eigenvalue weighted by atomic mass is 32.2. The van der Waals surface area contributed by atoms with Crippen LogP contribution >= 0.6 is 23.1 Å². The Kier molecular flexibility index (Phi) is 7.59. The van der Waals surface area contributed by atoms with Crippen molar-refractivity contribution in [2.75, 3.05) is 6.26 Å². The molecule has 1 N–H and O–H groups in total. The van der Waals surface area contributed by atoms with Crippen LogP contribution in [-0.4, -0.2) is 44.7 Å². The monoisotopic (exact) mass is 612 g/mol. The molecule has 1 saturated heterocycles. The molecular formula is C34H32N2O5S2. The third-order valence-electron chi connectivity index (χ3n) is 8.52. The molecule has 9 heteroatoms. The predicted octanol–water partition coefficient (Wildman–Crippen LogP) is 6.49. The summed E-state index contributed by atoms with van der Waals surface area (Å²) in [7, 11) is 0. The standard InChI is InChI=1S/C34H32N2O5S2/c1-32(39-19-24-14-8-4-9-15-24)33(40-20-25-16-10-5-11-17-25)28(38-18-23-12-6-3-7-13-23)29(33)41-34(32,37)30-27-26(21-43-30)31(42-2)36-22-35-27/h3-17,21-22,28-29,37H,18-20H2,1-2H3/t28?,29-,32-,33-,34?/m1/s1. The smallest absolute Gasteiger partial charge is 0.237 e. The predicted molar refractivity (Wildman–Crippen MR) is 167 cm³/mol. The molecule has 5 atom stereocenters. The van der Waals surface area contributed by atoms with Gasteiger partial charge < -0.3 is 24.1 Å². The summed E-state index contributed by atoms with van der Waals surface area (Å²) >= 11 is 2.93. The fourth-order valence-corrected chi connectivity index (χ4v) is 7.87. The third kappa shape index (κ3) is 4.71. The summed E-state index contributed by atoms with van der Waals surface area (Å²) in [6.07, 6.45) is 2.45. The largest absolute Gasteiger partial charge is 0.367 e. The summed E-state index contributed by atoms with van der Waals surface area (Å²) in [6.45, 7) is 2.80. The number of rotatable bonds is 11. The molecule has 2 aliphatic rings. The lowest BCUT2D eigenvalue weighted by Crippen LogP contribution is -2.60. The minimum Gasteiger partial charge on any atom is -0.367 e. The molecule has 43 heavy (non-hydrogen) atoms. The number of thiophene rings is 1. The SMILES string of the molecule is CSc1ncnc2c(C3(O)O[C@@H]4C(OCc5ccccc5)[C@]4(OCc4ccccc4)[C@@]3(C)OCc3ccccc3)scc12. The molecule has 1 aliphatic heterocycles. The first-order valence-corrected chi connectivity index (χ1v) is 16.3. The number of benzene rings is 3. The number of thioether (sulfide) groups is 1. The second kappa shape index (κ2) is 11.4. The highest BCUT2D eigenvalue weighted by Gasteiger charge is 2.90. The van der Waals surface area contributed by atoms with Crippen molar-refractivity contribution >= 4 is 34.0 Å². The molecule has 0 radical (unpaired) electrons. The van der Waals surface area contributed by atoms with E-state index in [-0.39, 0.29) is 6.61 Å². The Morgan fingerprint density at radius 1 is 0.837 bits per heavy atom. The van der Waals surface area contributed by atoms with Crippen molar-refractivity contribution in [3.05, 3.63) is 124 Å². The first kappa shape index (κ1) is 28.6. The first-order chi connectivity index (χ1) is 21.0. The van der Waals surface area contributed by atoms with Crippen molar-refractivity contribution in [1.82, 2.24) is 9.97 Å². The number of ether oxygens (including phenoxy) is 4. The average molecular weight is 613 g/mol. The lowest BCUT2D eigenvalue weighted by molar-refractivity contribution is -0.321. The van der Waals surface area contributed by atoms with Gasteiger partial charge in [0.05, 0.1) is 30.2 Å². The summed E-state index contributed by atoms with van der Waals surface area (Å²) in [5.41, 5.74) is 1.18. The Morgan fingerprint density at radius 2 is 1.42 bits per heavy atom. The highest BCUT2D eigenvalue weighted by molar-refractivity contribution is 7.98. The van der Waals surface area contributed by atoms with Gasteiger partial charge in [0.25, 0.3) is 0 Å². The van der Waals surface area contributed by atoms with Crippen LogP contribution in [0.1, 0.15) is 28.5 Å². The van der Waals surface area contributed by atoms with Gasteiger partial charge in [0.15, 0.2) is 11.2 Å². The van der Waals surface area contributed by atoms with Crippen LogP contribution < -0.4 is 0 Å². The van der Waals surface area contributed by atoms with E-state index in [0.29, 0.717) is 23.6 Å². The molecule has 5 aromatic rings. The maximum absolute atomic E-state index is 12.7. The molecule has 0 spiro atoms. The van der Waals surface area contributed by atoms with Crippen LogP contribution in [0.15, 0.2) is 108 Å². The Labute approximate surface area is 258 Å². The molecule has 7 nitrogen and oxygen atoms in total. The van der Waals surface area contributed by atoms with E-state index in [1.165, 1.54) is 29.4 Å². The number of aromatic nitrogens is 2. The normalized spacial score (nSPS) is 27.8. The van der Waals surface area contributed by atoms with Crippen LogP contribution in [0.4, 0.5) is 0 Å². The van der Waals surface area contributed by atoms with Crippen LogP contribution in [-0.2, 0) is 44.6 Å². The fraction of sp³-hybridized carbons (Fsp3) is 0.294. The fourth-order valence-electron chi connectivity index (χ4n) is 6.14. The molecule has 0 amide bonds. The molecular weight excluding hydrogens is 581 g/mol. The lowest BCUT2D eigenvalue weighted by Gasteiger charge is -2.44. The van der Waals surface area contributed by atoms with E-state index in [4.69, 9.17) is 18.9 Å². The average Bonchev–Trinajstić information content (AvgIpc) is 3.33. The minimum absolute atomic E-state index is 0.242. The molecule has 2 fully saturated rings. The summed E-state index contributed by atoms with van der Waals surface area (Å²) < 4.78 is 26.8. The molecule has 3 heterocycles. The van der Waals surface area contributed by atoms with E-state index in [9.17, 15) is 5.11 Å². The van der Waals surface area contributed by atoms with Gasteiger partial charge in [-0.2, -0.15) is 0 Å². The van der Waals surface area contributed by atoms with Crippen LogP contribution in [0.3, 0.4) is 0 Å². The zero-order valence-corrected chi connectivity index (χ0v) is 25.5. The minimum atomic E-state index is -1.87. The van der Waals surface area contributed by atoms with Crippen LogP contribution in [0, 0.1) is 0 Å². The topological polar surface area (TPSA) is 82.9 Å². The highest BCUT2D eigenvalue weighted by Crippen LogP contribution is 2.68. The second-order valence-electron chi connectivity index (χ2n) is 11.0. The summed E-state index contributed by atoms with van der Waals surface area (Å²) in [6, 6.07) is 29.9. The van der Waals surface area contributed by atoms with E-state index in [1.807, 2.05) is 110 Å². The molecule has 7 rings (SSSR count). The maximum atomic E-state index is 12.7. The number of nitrogens with zero attached hydrogens (tertiary/aromatic N) is 2. The zero-order valence-electron chi connectivity index (χ0n) is 23.9. The summed E-state index contributed by atoms with van der Waals surface area (Å²) in [5, 5.41) is 16.4.